The van der Waals surface area contributed by atoms with E-state index in [0.717, 1.165) is 24.8 Å². The second-order valence-electron chi connectivity index (χ2n) is 4.66. The molecule has 0 saturated heterocycles. The third-order valence-corrected chi connectivity index (χ3v) is 3.41. The van der Waals surface area contributed by atoms with Gasteiger partial charge in [0.15, 0.2) is 6.29 Å². The van der Waals surface area contributed by atoms with Crippen LogP contribution in [-0.2, 0) is 6.42 Å². The van der Waals surface area contributed by atoms with E-state index in [4.69, 9.17) is 0 Å². The zero-order valence-corrected chi connectivity index (χ0v) is 11.0. The molecule has 1 atom stereocenters. The van der Waals surface area contributed by atoms with Crippen molar-refractivity contribution in [3.63, 3.8) is 0 Å². The first-order chi connectivity index (χ1) is 8.76. The van der Waals surface area contributed by atoms with Gasteiger partial charge < -0.3 is 4.57 Å². The Bertz CT molecular complexity index is 513. The lowest BCUT2D eigenvalue weighted by molar-refractivity contribution is 0.111. The summed E-state index contributed by atoms with van der Waals surface area (Å²) in [6, 6.07) is 14.7. The fourth-order valence-corrected chi connectivity index (χ4v) is 2.27. The zero-order chi connectivity index (χ0) is 13.0. The van der Waals surface area contributed by atoms with Crippen LogP contribution in [0.5, 0.6) is 0 Å². The van der Waals surface area contributed by atoms with Crippen LogP contribution in [0.15, 0.2) is 42.5 Å². The zero-order valence-electron chi connectivity index (χ0n) is 11.0. The number of hydrogen-bond donors (Lipinski definition) is 0. The van der Waals surface area contributed by atoms with Gasteiger partial charge in [0.25, 0.3) is 0 Å². The van der Waals surface area contributed by atoms with Gasteiger partial charge in [0, 0.05) is 18.2 Å². The Labute approximate surface area is 108 Å². The number of aldehydes is 1. The van der Waals surface area contributed by atoms with Gasteiger partial charge in [-0.15, -0.1) is 0 Å². The molecule has 0 fully saturated rings. The lowest BCUT2D eigenvalue weighted by atomic mass is 10.1. The highest BCUT2D eigenvalue weighted by atomic mass is 16.1. The monoisotopic (exact) mass is 241 g/mol. The van der Waals surface area contributed by atoms with Gasteiger partial charge in [0.1, 0.15) is 0 Å². The van der Waals surface area contributed by atoms with E-state index in [0.29, 0.717) is 6.04 Å². The number of benzene rings is 1. The van der Waals surface area contributed by atoms with Crippen LogP contribution in [0.4, 0.5) is 0 Å². The predicted molar refractivity (Wildman–Crippen MR) is 74.1 cm³/mol. The molecule has 2 aromatic rings. The van der Waals surface area contributed by atoms with Crippen LogP contribution in [0.25, 0.3) is 0 Å². The first kappa shape index (κ1) is 12.6. The number of rotatable bonds is 5. The molecule has 0 saturated carbocycles. The summed E-state index contributed by atoms with van der Waals surface area (Å²) in [6.45, 7) is 4.30. The quantitative estimate of drug-likeness (QED) is 0.728. The topological polar surface area (TPSA) is 22.0 Å². The Morgan fingerprint density at radius 2 is 1.89 bits per heavy atom. The van der Waals surface area contributed by atoms with Crippen molar-refractivity contribution in [3.05, 3.63) is 59.4 Å². The summed E-state index contributed by atoms with van der Waals surface area (Å²) in [6.07, 6.45) is 2.84. The fraction of sp³-hybridized carbons (Fsp3) is 0.312. The standard InChI is InChI=1S/C16H19NO/c1-3-13(2)17-15(9-10-16(17)12-18)11-14-7-5-4-6-8-14/h4-10,12-13H,3,11H2,1-2H3. The number of carbonyl (C=O) groups excluding carboxylic acids is 1. The molecule has 1 aromatic heterocycles. The summed E-state index contributed by atoms with van der Waals surface area (Å²) in [4.78, 5) is 11.1. The SMILES string of the molecule is CCC(C)n1c(C=O)ccc1Cc1ccccc1. The van der Waals surface area contributed by atoms with Gasteiger partial charge in [-0.2, -0.15) is 0 Å². The van der Waals surface area contributed by atoms with Crippen LogP contribution in [0.1, 0.15) is 48.1 Å². The number of carbonyl (C=O) groups is 1. The summed E-state index contributed by atoms with van der Waals surface area (Å²) >= 11 is 0. The third-order valence-electron chi connectivity index (χ3n) is 3.41. The molecule has 1 unspecified atom stereocenters. The second-order valence-corrected chi connectivity index (χ2v) is 4.66. The average Bonchev–Trinajstić information content (AvgIpc) is 2.82. The van der Waals surface area contributed by atoms with Gasteiger partial charge in [0.2, 0.25) is 0 Å². The summed E-state index contributed by atoms with van der Waals surface area (Å²) in [7, 11) is 0. The van der Waals surface area contributed by atoms with Crippen LogP contribution in [0, 0.1) is 0 Å². The molecule has 0 bridgehead atoms. The molecule has 18 heavy (non-hydrogen) atoms. The molecule has 94 valence electrons. The molecule has 0 N–H and O–H groups in total. The van der Waals surface area contributed by atoms with Crippen LogP contribution >= 0.6 is 0 Å². The molecular weight excluding hydrogens is 222 g/mol. The summed E-state index contributed by atoms with van der Waals surface area (Å²) in [5.74, 6) is 0. The molecule has 0 aliphatic heterocycles. The van der Waals surface area contributed by atoms with Gasteiger partial charge in [-0.25, -0.2) is 0 Å². The van der Waals surface area contributed by atoms with Crippen molar-refractivity contribution < 1.29 is 4.79 Å². The van der Waals surface area contributed by atoms with Gasteiger partial charge in [-0.1, -0.05) is 37.3 Å². The summed E-state index contributed by atoms with van der Waals surface area (Å²) < 4.78 is 2.15. The minimum atomic E-state index is 0.360. The molecule has 2 nitrogen and oxygen atoms in total. The van der Waals surface area contributed by atoms with Crippen molar-refractivity contribution in [2.45, 2.75) is 32.7 Å². The van der Waals surface area contributed by atoms with E-state index < -0.39 is 0 Å². The number of aromatic nitrogens is 1. The highest BCUT2D eigenvalue weighted by molar-refractivity contribution is 5.73. The van der Waals surface area contributed by atoms with Crippen LogP contribution < -0.4 is 0 Å². The average molecular weight is 241 g/mol. The molecule has 2 rings (SSSR count). The minimum absolute atomic E-state index is 0.360. The van der Waals surface area contributed by atoms with Crippen molar-refractivity contribution in [2.75, 3.05) is 0 Å². The van der Waals surface area contributed by atoms with E-state index in [2.05, 4.69) is 36.6 Å². The highest BCUT2D eigenvalue weighted by Crippen LogP contribution is 2.20. The molecule has 0 aliphatic rings. The van der Waals surface area contributed by atoms with E-state index in [1.54, 1.807) is 0 Å². The first-order valence-electron chi connectivity index (χ1n) is 6.45. The molecule has 1 heterocycles. The number of nitrogens with zero attached hydrogens (tertiary/aromatic N) is 1. The Morgan fingerprint density at radius 3 is 2.50 bits per heavy atom. The maximum atomic E-state index is 11.1. The molecule has 0 spiro atoms. The van der Waals surface area contributed by atoms with E-state index in [9.17, 15) is 4.79 Å². The lowest BCUT2D eigenvalue weighted by Gasteiger charge is -2.17. The molecule has 1 aromatic carbocycles. The van der Waals surface area contributed by atoms with Gasteiger partial charge in [-0.3, -0.25) is 4.79 Å². The van der Waals surface area contributed by atoms with Crippen LogP contribution in [0.3, 0.4) is 0 Å². The normalized spacial score (nSPS) is 12.3. The van der Waals surface area contributed by atoms with Gasteiger partial charge in [-0.05, 0) is 31.0 Å². The van der Waals surface area contributed by atoms with Crippen molar-refractivity contribution >= 4 is 6.29 Å². The van der Waals surface area contributed by atoms with Crippen LogP contribution in [-0.4, -0.2) is 10.9 Å². The van der Waals surface area contributed by atoms with E-state index in [1.165, 1.54) is 11.3 Å². The predicted octanol–water partition coefficient (Wildman–Crippen LogP) is 3.86. The Balaban J connectivity index is 2.33. The van der Waals surface area contributed by atoms with Crippen molar-refractivity contribution in [3.8, 4) is 0 Å². The smallest absolute Gasteiger partial charge is 0.166 e. The summed E-state index contributed by atoms with van der Waals surface area (Å²) in [5, 5.41) is 0. The lowest BCUT2D eigenvalue weighted by Crippen LogP contribution is -2.11. The van der Waals surface area contributed by atoms with Crippen molar-refractivity contribution in [1.82, 2.24) is 4.57 Å². The molecule has 0 amide bonds. The number of hydrogen-bond acceptors (Lipinski definition) is 1. The van der Waals surface area contributed by atoms with Crippen molar-refractivity contribution in [2.24, 2.45) is 0 Å². The Hall–Kier alpha value is -1.83. The second kappa shape index (κ2) is 5.67. The highest BCUT2D eigenvalue weighted by Gasteiger charge is 2.12. The molecule has 2 heteroatoms. The Kier molecular flexibility index (Phi) is 3.98. The maximum Gasteiger partial charge on any atom is 0.166 e. The van der Waals surface area contributed by atoms with Crippen molar-refractivity contribution in [1.29, 1.82) is 0 Å². The van der Waals surface area contributed by atoms with Gasteiger partial charge >= 0.3 is 0 Å². The minimum Gasteiger partial charge on any atom is -0.339 e. The van der Waals surface area contributed by atoms with Crippen LogP contribution in [0.2, 0.25) is 0 Å². The first-order valence-corrected chi connectivity index (χ1v) is 6.45. The van der Waals surface area contributed by atoms with Gasteiger partial charge in [0.05, 0.1) is 5.69 Å². The molecular formula is C16H19NO. The third kappa shape index (κ3) is 2.53. The largest absolute Gasteiger partial charge is 0.339 e. The van der Waals surface area contributed by atoms with E-state index in [1.807, 2.05) is 24.3 Å². The summed E-state index contributed by atoms with van der Waals surface area (Å²) in [5.41, 5.74) is 3.26. The maximum absolute atomic E-state index is 11.1. The Morgan fingerprint density at radius 1 is 1.17 bits per heavy atom. The molecule has 0 aliphatic carbocycles. The van der Waals surface area contributed by atoms with E-state index in [-0.39, 0.29) is 0 Å². The van der Waals surface area contributed by atoms with E-state index >= 15 is 0 Å². The molecule has 0 radical (unpaired) electrons. The fourth-order valence-electron chi connectivity index (χ4n) is 2.27.